The van der Waals surface area contributed by atoms with Gasteiger partial charge < -0.3 is 4.74 Å². The average molecular weight is 187 g/mol. The lowest BCUT2D eigenvalue weighted by Gasteiger charge is -2.08. The van der Waals surface area contributed by atoms with E-state index in [4.69, 9.17) is 4.74 Å². The zero-order chi connectivity index (χ0) is 10.1. The molecule has 4 heteroatoms. The first-order valence-corrected chi connectivity index (χ1v) is 4.57. The number of rotatable bonds is 6. The lowest BCUT2D eigenvalue weighted by Crippen LogP contribution is -2.26. The van der Waals surface area contributed by atoms with E-state index < -0.39 is 6.09 Å². The van der Waals surface area contributed by atoms with Gasteiger partial charge in [0.1, 0.15) is 0 Å². The second-order valence-corrected chi connectivity index (χ2v) is 2.89. The second-order valence-electron chi connectivity index (χ2n) is 2.89. The van der Waals surface area contributed by atoms with Crippen LogP contribution in [0.15, 0.2) is 0 Å². The maximum Gasteiger partial charge on any atom is 0.416 e. The summed E-state index contributed by atoms with van der Waals surface area (Å²) >= 11 is 0. The molecule has 0 aromatic carbocycles. The summed E-state index contributed by atoms with van der Waals surface area (Å²) in [6.07, 6.45) is 4.10. The van der Waals surface area contributed by atoms with E-state index in [1.54, 1.807) is 0 Å². The smallest absolute Gasteiger partial charge is 0.416 e. The Morgan fingerprint density at radius 1 is 1.38 bits per heavy atom. The van der Waals surface area contributed by atoms with Crippen molar-refractivity contribution >= 4 is 12.5 Å². The van der Waals surface area contributed by atoms with Crippen LogP contribution in [0.3, 0.4) is 0 Å². The van der Waals surface area contributed by atoms with Crippen molar-refractivity contribution in [2.45, 2.75) is 32.6 Å². The van der Waals surface area contributed by atoms with E-state index in [2.05, 4.69) is 6.92 Å². The molecule has 0 bridgehead atoms. The Labute approximate surface area is 78.9 Å². The van der Waals surface area contributed by atoms with Gasteiger partial charge in [0.15, 0.2) is 0 Å². The summed E-state index contributed by atoms with van der Waals surface area (Å²) in [5, 5.41) is 0. The summed E-state index contributed by atoms with van der Waals surface area (Å²) in [6, 6.07) is 0. The van der Waals surface area contributed by atoms with Crippen molar-refractivity contribution in [1.82, 2.24) is 4.90 Å². The number of hydrogen-bond donors (Lipinski definition) is 0. The summed E-state index contributed by atoms with van der Waals surface area (Å²) in [4.78, 5) is 21.9. The van der Waals surface area contributed by atoms with Crippen LogP contribution in [0.1, 0.15) is 32.6 Å². The molecule has 13 heavy (non-hydrogen) atoms. The Bertz CT molecular complexity index is 159. The molecule has 0 aromatic heterocycles. The predicted octanol–water partition coefficient (Wildman–Crippen LogP) is 1.79. The van der Waals surface area contributed by atoms with Crippen LogP contribution in [0.5, 0.6) is 0 Å². The van der Waals surface area contributed by atoms with E-state index in [1.165, 1.54) is 7.05 Å². The average Bonchev–Trinajstić information content (AvgIpc) is 2.16. The summed E-state index contributed by atoms with van der Waals surface area (Å²) in [7, 11) is 1.38. The van der Waals surface area contributed by atoms with Gasteiger partial charge in [-0.25, -0.2) is 4.79 Å². The molecule has 0 spiro atoms. The molecule has 4 nitrogen and oxygen atoms in total. The fourth-order valence-electron chi connectivity index (χ4n) is 0.833. The highest BCUT2D eigenvalue weighted by Crippen LogP contribution is 1.99. The van der Waals surface area contributed by atoms with Crippen molar-refractivity contribution < 1.29 is 14.3 Å². The zero-order valence-corrected chi connectivity index (χ0v) is 8.28. The van der Waals surface area contributed by atoms with Crippen molar-refractivity contribution in [3.63, 3.8) is 0 Å². The van der Waals surface area contributed by atoms with Crippen LogP contribution in [-0.2, 0) is 9.53 Å². The van der Waals surface area contributed by atoms with Crippen molar-refractivity contribution in [2.24, 2.45) is 0 Å². The van der Waals surface area contributed by atoms with Crippen molar-refractivity contribution in [2.75, 3.05) is 13.7 Å². The largest absolute Gasteiger partial charge is 0.449 e. The molecular formula is C9H17NO3. The Morgan fingerprint density at radius 3 is 2.62 bits per heavy atom. The highest BCUT2D eigenvalue weighted by Gasteiger charge is 2.06. The van der Waals surface area contributed by atoms with Crippen LogP contribution in [0, 0.1) is 0 Å². The number of hydrogen-bond acceptors (Lipinski definition) is 3. The molecular weight excluding hydrogens is 170 g/mol. The lowest BCUT2D eigenvalue weighted by atomic mass is 10.2. The SMILES string of the molecule is CCCCCCOC(=O)N(C)C=O. The number of ether oxygens (including phenoxy) is 1. The van der Waals surface area contributed by atoms with Gasteiger partial charge in [0.2, 0.25) is 6.41 Å². The Kier molecular flexibility index (Phi) is 6.96. The van der Waals surface area contributed by atoms with Gasteiger partial charge in [-0.1, -0.05) is 26.2 Å². The van der Waals surface area contributed by atoms with Crippen molar-refractivity contribution in [3.05, 3.63) is 0 Å². The van der Waals surface area contributed by atoms with Gasteiger partial charge in [0.05, 0.1) is 6.61 Å². The van der Waals surface area contributed by atoms with Gasteiger partial charge in [-0.15, -0.1) is 0 Å². The first kappa shape index (κ1) is 11.9. The van der Waals surface area contributed by atoms with Gasteiger partial charge in [-0.3, -0.25) is 9.69 Å². The molecule has 0 aliphatic heterocycles. The third-order valence-corrected chi connectivity index (χ3v) is 1.67. The van der Waals surface area contributed by atoms with E-state index in [1.807, 2.05) is 0 Å². The number of carbonyl (C=O) groups is 2. The third-order valence-electron chi connectivity index (χ3n) is 1.67. The van der Waals surface area contributed by atoms with Gasteiger partial charge >= 0.3 is 6.09 Å². The van der Waals surface area contributed by atoms with Crippen LogP contribution in [0.4, 0.5) is 4.79 Å². The van der Waals surface area contributed by atoms with Gasteiger partial charge in [-0.2, -0.15) is 0 Å². The third kappa shape index (κ3) is 6.13. The molecule has 0 fully saturated rings. The molecule has 0 rings (SSSR count). The van der Waals surface area contributed by atoms with Crippen LogP contribution in [0.2, 0.25) is 0 Å². The minimum atomic E-state index is -0.577. The zero-order valence-electron chi connectivity index (χ0n) is 8.28. The standard InChI is InChI=1S/C9H17NO3/c1-3-4-5-6-7-13-9(12)10(2)8-11/h8H,3-7H2,1-2H3. The van der Waals surface area contributed by atoms with Crippen molar-refractivity contribution in [3.8, 4) is 0 Å². The monoisotopic (exact) mass is 187 g/mol. The second kappa shape index (κ2) is 7.58. The Morgan fingerprint density at radius 2 is 2.08 bits per heavy atom. The van der Waals surface area contributed by atoms with Crippen LogP contribution < -0.4 is 0 Å². The molecule has 0 saturated heterocycles. The van der Waals surface area contributed by atoms with E-state index in [0.717, 1.165) is 30.6 Å². The maximum absolute atomic E-state index is 10.9. The minimum absolute atomic E-state index is 0.400. The molecule has 0 radical (unpaired) electrons. The summed E-state index contributed by atoms with van der Waals surface area (Å²) in [6.45, 7) is 2.52. The Hall–Kier alpha value is -1.06. The summed E-state index contributed by atoms with van der Waals surface area (Å²) < 4.78 is 4.80. The number of amides is 2. The topological polar surface area (TPSA) is 46.6 Å². The molecule has 0 aliphatic rings. The van der Waals surface area contributed by atoms with Gasteiger partial charge in [0, 0.05) is 7.05 Å². The highest BCUT2D eigenvalue weighted by molar-refractivity contribution is 5.79. The fraction of sp³-hybridized carbons (Fsp3) is 0.778. The van der Waals surface area contributed by atoms with Crippen LogP contribution in [0.25, 0.3) is 0 Å². The van der Waals surface area contributed by atoms with Crippen molar-refractivity contribution in [1.29, 1.82) is 0 Å². The number of nitrogens with zero attached hydrogens (tertiary/aromatic N) is 1. The highest BCUT2D eigenvalue weighted by atomic mass is 16.6. The number of imide groups is 1. The molecule has 76 valence electrons. The first-order chi connectivity index (χ1) is 6.22. The van der Waals surface area contributed by atoms with Gasteiger partial charge in [-0.05, 0) is 6.42 Å². The number of carbonyl (C=O) groups excluding carboxylic acids is 2. The first-order valence-electron chi connectivity index (χ1n) is 4.57. The molecule has 0 unspecified atom stereocenters. The minimum Gasteiger partial charge on any atom is -0.449 e. The fourth-order valence-corrected chi connectivity index (χ4v) is 0.833. The van der Waals surface area contributed by atoms with Crippen LogP contribution >= 0.6 is 0 Å². The predicted molar refractivity (Wildman–Crippen MR) is 49.3 cm³/mol. The van der Waals surface area contributed by atoms with E-state index >= 15 is 0 Å². The summed E-state index contributed by atoms with van der Waals surface area (Å²) in [5.74, 6) is 0. The lowest BCUT2D eigenvalue weighted by molar-refractivity contribution is -0.115. The molecule has 0 aromatic rings. The molecule has 0 aliphatic carbocycles. The van der Waals surface area contributed by atoms with Gasteiger partial charge in [0.25, 0.3) is 0 Å². The number of unbranched alkanes of at least 4 members (excludes halogenated alkanes) is 3. The summed E-state index contributed by atoms with van der Waals surface area (Å²) in [5.41, 5.74) is 0. The molecule has 0 heterocycles. The molecule has 2 amide bonds. The quantitative estimate of drug-likeness (QED) is 0.470. The molecule has 0 atom stereocenters. The van der Waals surface area contributed by atoms with E-state index in [9.17, 15) is 9.59 Å². The molecule has 0 saturated carbocycles. The molecule has 0 N–H and O–H groups in total. The maximum atomic E-state index is 10.9. The normalized spacial score (nSPS) is 9.38. The Balaban J connectivity index is 3.32. The van der Waals surface area contributed by atoms with Crippen LogP contribution in [-0.4, -0.2) is 31.1 Å². The van der Waals surface area contributed by atoms with E-state index in [0.29, 0.717) is 13.0 Å². The van der Waals surface area contributed by atoms with E-state index in [-0.39, 0.29) is 0 Å².